The predicted molar refractivity (Wildman–Crippen MR) is 94.6 cm³/mol. The molecule has 0 radical (unpaired) electrons. The molecule has 7 heteroatoms. The van der Waals surface area contributed by atoms with Crippen LogP contribution in [0.15, 0.2) is 0 Å². The van der Waals surface area contributed by atoms with Gasteiger partial charge in [-0.1, -0.05) is 22.6 Å². The lowest BCUT2D eigenvalue weighted by atomic mass is 9.83. The minimum Gasteiger partial charge on any atom is -0.600 e. The Hall–Kier alpha value is 0.200. The van der Waals surface area contributed by atoms with E-state index in [9.17, 15) is 15.2 Å². The normalized spacial score (nSPS) is 43.1. The van der Waals surface area contributed by atoms with Crippen LogP contribution in [0, 0.1) is 11.1 Å². The molecular formula is C16H29IN3O3+. The highest BCUT2D eigenvalue weighted by atomic mass is 127. The van der Waals surface area contributed by atoms with Gasteiger partial charge < -0.3 is 10.1 Å². The Morgan fingerprint density at radius 3 is 2.91 bits per heavy atom. The summed E-state index contributed by atoms with van der Waals surface area (Å²) in [6.45, 7) is 5.12. The number of nitrogens with zero attached hydrogens (tertiary/aromatic N) is 1. The molecule has 0 amide bonds. The zero-order valence-electron chi connectivity index (χ0n) is 13.8. The number of hydrogen-bond acceptors (Lipinski definition) is 4. The molecule has 3 N–H and O–H groups in total. The van der Waals surface area contributed by atoms with Crippen molar-refractivity contribution in [2.24, 2.45) is 5.92 Å². The van der Waals surface area contributed by atoms with Crippen molar-refractivity contribution in [3.63, 3.8) is 0 Å². The van der Waals surface area contributed by atoms with Crippen LogP contribution in [-0.4, -0.2) is 57.7 Å². The number of ketones is 1. The van der Waals surface area contributed by atoms with E-state index < -0.39 is 5.23 Å². The highest BCUT2D eigenvalue weighted by molar-refractivity contribution is 14.1. The number of piperidine rings is 1. The first kappa shape index (κ1) is 18.0. The molecule has 23 heavy (non-hydrogen) atoms. The Balaban J connectivity index is 1.60. The number of quaternary nitrogens is 2. The molecule has 2 aliphatic heterocycles. The lowest BCUT2D eigenvalue weighted by Crippen LogP contribution is -3.18. The SMILES string of the molecule is CC1CN2CCCCC2[NH+]1CC(=O)C1CCC(I)C([NH+]([O-])O)C1. The van der Waals surface area contributed by atoms with Gasteiger partial charge in [0.1, 0.15) is 18.8 Å². The monoisotopic (exact) mass is 438 g/mol. The molecule has 0 aromatic rings. The lowest BCUT2D eigenvalue weighted by Gasteiger charge is -2.36. The van der Waals surface area contributed by atoms with E-state index in [0.29, 0.717) is 31.0 Å². The number of fused-ring (bicyclic) bond motifs is 1. The molecule has 1 saturated carbocycles. The van der Waals surface area contributed by atoms with Crippen LogP contribution in [0.2, 0.25) is 0 Å². The highest BCUT2D eigenvalue weighted by Gasteiger charge is 2.44. The average molecular weight is 438 g/mol. The molecule has 3 aliphatic rings. The molecule has 3 fully saturated rings. The van der Waals surface area contributed by atoms with Crippen LogP contribution in [0.25, 0.3) is 0 Å². The number of hydroxylamine groups is 2. The van der Waals surface area contributed by atoms with E-state index in [-0.39, 0.29) is 15.9 Å². The number of nitrogens with one attached hydrogen (secondary N) is 2. The molecule has 1 aliphatic carbocycles. The van der Waals surface area contributed by atoms with Crippen molar-refractivity contribution in [2.45, 2.75) is 67.6 Å². The predicted octanol–water partition coefficient (Wildman–Crippen LogP) is -0.601. The summed E-state index contributed by atoms with van der Waals surface area (Å²) in [5.41, 5.74) is 0. The molecule has 132 valence electrons. The number of Topliss-reactive ketones (excluding diaryl/α,β-unsaturated/α-hetero) is 1. The van der Waals surface area contributed by atoms with Crippen molar-refractivity contribution < 1.29 is 20.1 Å². The molecule has 7 atom stereocenters. The number of hydrogen-bond donors (Lipinski definition) is 3. The zero-order chi connectivity index (χ0) is 16.6. The summed E-state index contributed by atoms with van der Waals surface area (Å²) in [6.07, 6.45) is 6.53. The van der Waals surface area contributed by atoms with Crippen molar-refractivity contribution in [3.05, 3.63) is 5.21 Å². The van der Waals surface area contributed by atoms with Gasteiger partial charge in [0.15, 0.2) is 5.78 Å². The molecule has 2 saturated heterocycles. The maximum atomic E-state index is 12.8. The quantitative estimate of drug-likeness (QED) is 0.312. The van der Waals surface area contributed by atoms with E-state index in [1.54, 1.807) is 0 Å². The number of carbonyl (C=O) groups is 1. The van der Waals surface area contributed by atoms with Crippen LogP contribution in [0.1, 0.15) is 45.4 Å². The highest BCUT2D eigenvalue weighted by Crippen LogP contribution is 2.28. The molecule has 2 heterocycles. The maximum absolute atomic E-state index is 12.8. The van der Waals surface area contributed by atoms with Gasteiger partial charge in [0.25, 0.3) is 0 Å². The van der Waals surface area contributed by atoms with Gasteiger partial charge >= 0.3 is 0 Å². The number of halogens is 1. The standard InChI is InChI=1S/C16H28IN3O3/c1-11-9-18-7-3-2-4-16(18)19(11)10-15(21)12-5-6-13(17)14(8-12)20(22)23/h11-14,16,20,22H,2-10H2,1H3/p+1. The minimum absolute atomic E-state index is 0.0422. The molecule has 7 unspecified atom stereocenters. The average Bonchev–Trinajstić information content (AvgIpc) is 2.83. The molecular weight excluding hydrogens is 409 g/mol. The van der Waals surface area contributed by atoms with E-state index in [0.717, 1.165) is 19.4 Å². The van der Waals surface area contributed by atoms with Crippen LogP contribution in [-0.2, 0) is 4.79 Å². The second kappa shape index (κ2) is 7.61. The van der Waals surface area contributed by atoms with Crippen LogP contribution in [0.4, 0.5) is 0 Å². The van der Waals surface area contributed by atoms with Gasteiger partial charge in [-0.3, -0.25) is 4.79 Å². The van der Waals surface area contributed by atoms with Gasteiger partial charge in [0, 0.05) is 25.3 Å². The van der Waals surface area contributed by atoms with Gasteiger partial charge in [-0.15, -0.1) is 0 Å². The van der Waals surface area contributed by atoms with Crippen molar-refractivity contribution >= 4 is 28.4 Å². The second-order valence-corrected chi connectivity index (χ2v) is 9.20. The number of alkyl halides is 1. The Bertz CT molecular complexity index is 437. The van der Waals surface area contributed by atoms with Crippen molar-refractivity contribution in [2.75, 3.05) is 19.6 Å². The van der Waals surface area contributed by atoms with Gasteiger partial charge in [0.2, 0.25) is 0 Å². The molecule has 0 bridgehead atoms. The molecule has 3 rings (SSSR count). The summed E-state index contributed by atoms with van der Waals surface area (Å²) in [7, 11) is 0. The first-order valence-electron chi connectivity index (χ1n) is 8.96. The fraction of sp³-hybridized carbons (Fsp3) is 0.938. The van der Waals surface area contributed by atoms with E-state index in [4.69, 9.17) is 0 Å². The van der Waals surface area contributed by atoms with E-state index in [2.05, 4.69) is 34.4 Å². The third-order valence-corrected chi connectivity index (χ3v) is 7.59. The van der Waals surface area contributed by atoms with Gasteiger partial charge in [-0.25, -0.2) is 15.3 Å². The smallest absolute Gasteiger partial charge is 0.190 e. The van der Waals surface area contributed by atoms with E-state index in [1.165, 1.54) is 30.7 Å². The first-order chi connectivity index (χ1) is 11.0. The summed E-state index contributed by atoms with van der Waals surface area (Å²) in [5, 5.41) is 20.0. The summed E-state index contributed by atoms with van der Waals surface area (Å²) in [6, 6.07) is 0.161. The van der Waals surface area contributed by atoms with E-state index in [1.807, 2.05) is 0 Å². The number of carbonyl (C=O) groups excluding carboxylic acids is 1. The first-order valence-corrected chi connectivity index (χ1v) is 10.2. The van der Waals surface area contributed by atoms with Crippen LogP contribution in [0.3, 0.4) is 0 Å². The molecule has 0 spiro atoms. The maximum Gasteiger partial charge on any atom is 0.190 e. The fourth-order valence-corrected chi connectivity index (χ4v) is 5.71. The van der Waals surface area contributed by atoms with Crippen LogP contribution in [0.5, 0.6) is 0 Å². The van der Waals surface area contributed by atoms with Crippen molar-refractivity contribution in [1.82, 2.24) is 4.90 Å². The van der Waals surface area contributed by atoms with E-state index >= 15 is 0 Å². The Kier molecular flexibility index (Phi) is 5.96. The third-order valence-electron chi connectivity index (χ3n) is 6.10. The van der Waals surface area contributed by atoms with Gasteiger partial charge in [-0.05, 0) is 32.6 Å². The zero-order valence-corrected chi connectivity index (χ0v) is 16.0. The topological polar surface area (TPSA) is 72.5 Å². The van der Waals surface area contributed by atoms with Crippen molar-refractivity contribution in [3.8, 4) is 0 Å². The largest absolute Gasteiger partial charge is 0.600 e. The summed E-state index contributed by atoms with van der Waals surface area (Å²) < 4.78 is 0.168. The van der Waals surface area contributed by atoms with Crippen molar-refractivity contribution in [1.29, 1.82) is 0 Å². The van der Waals surface area contributed by atoms with Crippen LogP contribution >= 0.6 is 22.6 Å². The minimum atomic E-state index is -0.734. The Morgan fingerprint density at radius 2 is 2.17 bits per heavy atom. The van der Waals surface area contributed by atoms with Gasteiger partial charge in [-0.2, -0.15) is 0 Å². The van der Waals surface area contributed by atoms with Gasteiger partial charge in [0.05, 0.1) is 16.5 Å². The molecule has 6 nitrogen and oxygen atoms in total. The second-order valence-electron chi connectivity index (χ2n) is 7.60. The summed E-state index contributed by atoms with van der Waals surface area (Å²) in [5.74, 6) is 0.258. The summed E-state index contributed by atoms with van der Waals surface area (Å²) >= 11 is 2.24. The Labute approximate surface area is 151 Å². The van der Waals surface area contributed by atoms with Crippen LogP contribution < -0.4 is 10.1 Å². The fourth-order valence-electron chi connectivity index (χ4n) is 4.75. The Morgan fingerprint density at radius 1 is 1.39 bits per heavy atom. The molecule has 0 aromatic heterocycles. The molecule has 0 aromatic carbocycles. The lowest BCUT2D eigenvalue weighted by molar-refractivity contribution is -1.07. The summed E-state index contributed by atoms with van der Waals surface area (Å²) in [4.78, 5) is 16.8. The number of rotatable bonds is 4. The third kappa shape index (κ3) is 3.90.